The Labute approximate surface area is 128 Å². The molecule has 1 heterocycles. The van der Waals surface area contributed by atoms with Crippen LogP contribution in [-0.2, 0) is 0 Å². The largest absolute Gasteiger partial charge is 0.490 e. The molecule has 0 saturated heterocycles. The van der Waals surface area contributed by atoms with Crippen LogP contribution < -0.4 is 9.47 Å². The molecule has 2 aromatic rings. The van der Waals surface area contributed by atoms with Crippen LogP contribution in [-0.4, -0.2) is 13.2 Å². The van der Waals surface area contributed by atoms with Crippen LogP contribution in [0.4, 0.5) is 0 Å². The monoisotopic (exact) mass is 338 g/mol. The van der Waals surface area contributed by atoms with Gasteiger partial charge >= 0.3 is 0 Å². The van der Waals surface area contributed by atoms with Gasteiger partial charge in [0, 0.05) is 0 Å². The summed E-state index contributed by atoms with van der Waals surface area (Å²) < 4.78 is 16.8. The van der Waals surface area contributed by atoms with E-state index in [9.17, 15) is 0 Å². The number of alkyl halides is 1. The number of aryl methyl sites for hydroxylation is 1. The minimum absolute atomic E-state index is 0.00684. The average molecular weight is 339 g/mol. The lowest BCUT2D eigenvalue weighted by atomic mass is 10.1. The average Bonchev–Trinajstić information content (AvgIpc) is 2.86. The van der Waals surface area contributed by atoms with Gasteiger partial charge in [-0.15, -0.1) is 0 Å². The highest BCUT2D eigenvalue weighted by molar-refractivity contribution is 9.09. The molecule has 1 atom stereocenters. The molecule has 1 aromatic heterocycles. The summed E-state index contributed by atoms with van der Waals surface area (Å²) in [6, 6.07) is 7.92. The van der Waals surface area contributed by atoms with Crippen LogP contribution in [0.25, 0.3) is 0 Å². The predicted octanol–water partition coefficient (Wildman–Crippen LogP) is 4.87. The van der Waals surface area contributed by atoms with Crippen LogP contribution in [0.3, 0.4) is 0 Å². The summed E-state index contributed by atoms with van der Waals surface area (Å²) >= 11 is 3.68. The molecular weight excluding hydrogens is 320 g/mol. The third-order valence-corrected chi connectivity index (χ3v) is 3.94. The van der Waals surface area contributed by atoms with Gasteiger partial charge < -0.3 is 13.9 Å². The zero-order valence-corrected chi connectivity index (χ0v) is 13.6. The molecule has 2 rings (SSSR count). The van der Waals surface area contributed by atoms with Crippen LogP contribution >= 0.6 is 15.9 Å². The number of halogens is 1. The number of hydrogen-bond donors (Lipinski definition) is 0. The van der Waals surface area contributed by atoms with E-state index in [1.165, 1.54) is 0 Å². The van der Waals surface area contributed by atoms with Crippen LogP contribution in [0.1, 0.15) is 35.6 Å². The SMILES string of the molecule is CCOc1ccc(C(Br)c2occc2C)cc1OCC. The molecule has 0 N–H and O–H groups in total. The van der Waals surface area contributed by atoms with Crippen molar-refractivity contribution in [2.45, 2.75) is 25.6 Å². The first-order chi connectivity index (χ1) is 9.67. The molecule has 1 aromatic carbocycles. The maximum absolute atomic E-state index is 5.65. The van der Waals surface area contributed by atoms with E-state index in [-0.39, 0.29) is 4.83 Å². The van der Waals surface area contributed by atoms with Crippen molar-refractivity contribution in [3.05, 3.63) is 47.4 Å². The Balaban J connectivity index is 2.32. The van der Waals surface area contributed by atoms with Gasteiger partial charge in [-0.3, -0.25) is 0 Å². The molecular formula is C16H19BrO3. The van der Waals surface area contributed by atoms with Crippen molar-refractivity contribution in [2.24, 2.45) is 0 Å². The standard InChI is InChI=1S/C16H19BrO3/c1-4-18-13-7-6-12(10-14(13)19-5-2)15(17)16-11(3)8-9-20-16/h6-10,15H,4-5H2,1-3H3. The van der Waals surface area contributed by atoms with E-state index in [1.54, 1.807) is 6.26 Å². The molecule has 0 amide bonds. The van der Waals surface area contributed by atoms with E-state index in [0.717, 1.165) is 28.4 Å². The highest BCUT2D eigenvalue weighted by atomic mass is 79.9. The Morgan fingerprint density at radius 2 is 1.80 bits per heavy atom. The highest BCUT2D eigenvalue weighted by Gasteiger charge is 2.18. The van der Waals surface area contributed by atoms with E-state index in [0.29, 0.717) is 13.2 Å². The quantitative estimate of drug-likeness (QED) is 0.704. The molecule has 0 bridgehead atoms. The zero-order valence-electron chi connectivity index (χ0n) is 12.0. The van der Waals surface area contributed by atoms with Gasteiger partial charge in [0.1, 0.15) is 5.76 Å². The van der Waals surface area contributed by atoms with Crippen molar-refractivity contribution >= 4 is 15.9 Å². The summed E-state index contributed by atoms with van der Waals surface area (Å²) in [4.78, 5) is 0.00684. The normalized spacial score (nSPS) is 12.2. The fourth-order valence-corrected chi connectivity index (χ4v) is 2.77. The van der Waals surface area contributed by atoms with Gasteiger partial charge in [0.25, 0.3) is 0 Å². The molecule has 3 nitrogen and oxygen atoms in total. The van der Waals surface area contributed by atoms with E-state index >= 15 is 0 Å². The fourth-order valence-electron chi connectivity index (χ4n) is 2.02. The number of benzene rings is 1. The fraction of sp³-hybridized carbons (Fsp3) is 0.375. The molecule has 1 unspecified atom stereocenters. The second-order valence-corrected chi connectivity index (χ2v) is 5.32. The predicted molar refractivity (Wildman–Crippen MR) is 83.0 cm³/mol. The van der Waals surface area contributed by atoms with Crippen LogP contribution in [0, 0.1) is 6.92 Å². The van der Waals surface area contributed by atoms with Crippen molar-refractivity contribution in [3.8, 4) is 11.5 Å². The smallest absolute Gasteiger partial charge is 0.161 e. The van der Waals surface area contributed by atoms with Crippen molar-refractivity contribution in [2.75, 3.05) is 13.2 Å². The second kappa shape index (κ2) is 6.84. The van der Waals surface area contributed by atoms with Gasteiger partial charge in [-0.05, 0) is 50.1 Å². The molecule has 0 aliphatic rings. The summed E-state index contributed by atoms with van der Waals surface area (Å²) in [5, 5.41) is 0. The number of furan rings is 1. The van der Waals surface area contributed by atoms with Crippen LogP contribution in [0.5, 0.6) is 11.5 Å². The molecule has 108 valence electrons. The lowest BCUT2D eigenvalue weighted by Gasteiger charge is -2.14. The Kier molecular flexibility index (Phi) is 5.12. The molecule has 0 fully saturated rings. The summed E-state index contributed by atoms with van der Waals surface area (Å²) in [6.45, 7) is 7.18. The molecule has 0 spiro atoms. The molecule has 0 aliphatic heterocycles. The second-order valence-electron chi connectivity index (χ2n) is 4.40. The van der Waals surface area contributed by atoms with Crippen molar-refractivity contribution in [1.29, 1.82) is 0 Å². The third-order valence-electron chi connectivity index (χ3n) is 2.99. The number of hydrogen-bond acceptors (Lipinski definition) is 3. The number of ether oxygens (including phenoxy) is 2. The maximum atomic E-state index is 5.65. The Morgan fingerprint density at radius 1 is 1.10 bits per heavy atom. The van der Waals surface area contributed by atoms with Gasteiger partial charge in [-0.1, -0.05) is 22.0 Å². The van der Waals surface area contributed by atoms with Gasteiger partial charge in [0.15, 0.2) is 11.5 Å². The van der Waals surface area contributed by atoms with E-state index in [1.807, 2.05) is 45.0 Å². The highest BCUT2D eigenvalue weighted by Crippen LogP contribution is 2.38. The summed E-state index contributed by atoms with van der Waals surface area (Å²) in [5.74, 6) is 2.45. The topological polar surface area (TPSA) is 31.6 Å². The lowest BCUT2D eigenvalue weighted by Crippen LogP contribution is -2.00. The first kappa shape index (κ1) is 15.0. The summed E-state index contributed by atoms with van der Waals surface area (Å²) in [6.07, 6.45) is 1.71. The maximum Gasteiger partial charge on any atom is 0.161 e. The Hall–Kier alpha value is -1.42. The molecule has 0 aliphatic carbocycles. The van der Waals surface area contributed by atoms with Crippen molar-refractivity contribution < 1.29 is 13.9 Å². The Morgan fingerprint density at radius 3 is 2.40 bits per heavy atom. The molecule has 20 heavy (non-hydrogen) atoms. The lowest BCUT2D eigenvalue weighted by molar-refractivity contribution is 0.287. The van der Waals surface area contributed by atoms with Crippen molar-refractivity contribution in [3.63, 3.8) is 0 Å². The molecule has 0 saturated carbocycles. The third kappa shape index (κ3) is 3.18. The van der Waals surface area contributed by atoms with Gasteiger partial charge in [-0.25, -0.2) is 0 Å². The minimum atomic E-state index is 0.00684. The summed E-state index contributed by atoms with van der Waals surface area (Å²) in [5.41, 5.74) is 2.20. The molecule has 4 heteroatoms. The van der Waals surface area contributed by atoms with Crippen molar-refractivity contribution in [1.82, 2.24) is 0 Å². The van der Waals surface area contributed by atoms with Gasteiger partial charge in [0.05, 0.1) is 24.3 Å². The summed E-state index contributed by atoms with van der Waals surface area (Å²) in [7, 11) is 0. The molecule has 0 radical (unpaired) electrons. The number of rotatable bonds is 6. The van der Waals surface area contributed by atoms with Gasteiger partial charge in [-0.2, -0.15) is 0 Å². The van der Waals surface area contributed by atoms with E-state index in [4.69, 9.17) is 13.9 Å². The van der Waals surface area contributed by atoms with E-state index < -0.39 is 0 Å². The van der Waals surface area contributed by atoms with Gasteiger partial charge in [0.2, 0.25) is 0 Å². The van der Waals surface area contributed by atoms with Crippen LogP contribution in [0.15, 0.2) is 34.9 Å². The zero-order chi connectivity index (χ0) is 14.5. The first-order valence-electron chi connectivity index (χ1n) is 6.75. The first-order valence-corrected chi connectivity index (χ1v) is 7.66. The van der Waals surface area contributed by atoms with E-state index in [2.05, 4.69) is 15.9 Å². The Bertz CT molecular complexity index is 563. The minimum Gasteiger partial charge on any atom is -0.490 e. The van der Waals surface area contributed by atoms with Crippen LogP contribution in [0.2, 0.25) is 0 Å².